The molecule has 0 aliphatic heterocycles. The molecule has 2 aromatic rings. The van der Waals surface area contributed by atoms with E-state index in [0.717, 1.165) is 18.4 Å². The Labute approximate surface area is 148 Å². The normalized spacial score (nSPS) is 11.5. The minimum atomic E-state index is -3.71. The zero-order chi connectivity index (χ0) is 19.3. The third-order valence-corrected chi connectivity index (χ3v) is 3.66. The minimum Gasteiger partial charge on any atom is -0.321 e. The molecule has 1 amide bonds. The van der Waals surface area contributed by atoms with Crippen LogP contribution in [0.25, 0.3) is 6.08 Å². The number of sulfonamides is 1. The number of rotatable bonds is 5. The molecular formula is C17H13F2N3O3S. The minimum absolute atomic E-state index is 0.0859. The summed E-state index contributed by atoms with van der Waals surface area (Å²) in [6.45, 7) is 0. The van der Waals surface area contributed by atoms with Gasteiger partial charge in [-0.15, -0.1) is 0 Å². The van der Waals surface area contributed by atoms with Gasteiger partial charge in [-0.05, 0) is 42.0 Å². The van der Waals surface area contributed by atoms with Crippen molar-refractivity contribution in [2.45, 2.75) is 0 Å². The van der Waals surface area contributed by atoms with Crippen molar-refractivity contribution in [2.24, 2.45) is 0 Å². The van der Waals surface area contributed by atoms with Crippen molar-refractivity contribution in [1.29, 1.82) is 5.26 Å². The molecule has 0 aliphatic carbocycles. The first-order valence-corrected chi connectivity index (χ1v) is 9.03. The molecule has 134 valence electrons. The number of nitrogens with zero attached hydrogens (tertiary/aromatic N) is 1. The van der Waals surface area contributed by atoms with Crippen LogP contribution in [0.2, 0.25) is 0 Å². The van der Waals surface area contributed by atoms with E-state index in [1.807, 2.05) is 4.72 Å². The molecule has 2 aromatic carbocycles. The van der Waals surface area contributed by atoms with Crippen molar-refractivity contribution in [3.8, 4) is 6.07 Å². The van der Waals surface area contributed by atoms with Gasteiger partial charge in [-0.1, -0.05) is 12.1 Å². The Kier molecular flexibility index (Phi) is 5.69. The van der Waals surface area contributed by atoms with Crippen molar-refractivity contribution in [3.63, 3.8) is 0 Å². The fourth-order valence-electron chi connectivity index (χ4n) is 1.95. The molecule has 26 heavy (non-hydrogen) atoms. The topological polar surface area (TPSA) is 99.1 Å². The molecule has 0 heterocycles. The molecule has 6 nitrogen and oxygen atoms in total. The standard InChI is InChI=1S/C17H13F2N3O3S/c1-26(24,25)22-16-9-14(6-7-15(16)19)21-17(23)12(10-20)8-11-2-4-13(18)5-3-11/h2-9,22H,1H3,(H,21,23)/b12-8+. The first-order chi connectivity index (χ1) is 12.2. The molecule has 0 aromatic heterocycles. The lowest BCUT2D eigenvalue weighted by Crippen LogP contribution is -2.15. The highest BCUT2D eigenvalue weighted by Gasteiger charge is 2.13. The summed E-state index contributed by atoms with van der Waals surface area (Å²) in [6.07, 6.45) is 2.12. The van der Waals surface area contributed by atoms with Gasteiger partial charge in [-0.25, -0.2) is 17.2 Å². The number of carbonyl (C=O) groups is 1. The third-order valence-electron chi connectivity index (χ3n) is 3.07. The van der Waals surface area contributed by atoms with Crippen molar-refractivity contribution >= 4 is 33.4 Å². The molecule has 0 atom stereocenters. The summed E-state index contributed by atoms with van der Waals surface area (Å²) < 4.78 is 51.0. The van der Waals surface area contributed by atoms with E-state index in [1.165, 1.54) is 36.4 Å². The molecular weight excluding hydrogens is 364 g/mol. The van der Waals surface area contributed by atoms with Gasteiger partial charge in [0.1, 0.15) is 23.3 Å². The number of carbonyl (C=O) groups excluding carboxylic acids is 1. The van der Waals surface area contributed by atoms with Gasteiger partial charge in [-0.2, -0.15) is 5.26 Å². The van der Waals surface area contributed by atoms with Gasteiger partial charge in [0.15, 0.2) is 0 Å². The number of nitriles is 1. The van der Waals surface area contributed by atoms with Gasteiger partial charge >= 0.3 is 0 Å². The smallest absolute Gasteiger partial charge is 0.266 e. The Morgan fingerprint density at radius 1 is 1.15 bits per heavy atom. The van der Waals surface area contributed by atoms with E-state index in [1.54, 1.807) is 6.07 Å². The summed E-state index contributed by atoms with van der Waals surface area (Å²) in [7, 11) is -3.71. The van der Waals surface area contributed by atoms with Gasteiger partial charge in [-0.3, -0.25) is 9.52 Å². The fourth-order valence-corrected chi connectivity index (χ4v) is 2.51. The van der Waals surface area contributed by atoms with Crippen LogP contribution in [0.15, 0.2) is 48.0 Å². The average molecular weight is 377 g/mol. The maximum absolute atomic E-state index is 13.6. The number of halogens is 2. The van der Waals surface area contributed by atoms with Gasteiger partial charge in [0.25, 0.3) is 5.91 Å². The summed E-state index contributed by atoms with van der Waals surface area (Å²) >= 11 is 0. The third kappa shape index (κ3) is 5.39. The van der Waals surface area contributed by atoms with Crippen LogP contribution in [0.5, 0.6) is 0 Å². The van der Waals surface area contributed by atoms with Gasteiger partial charge in [0.2, 0.25) is 10.0 Å². The van der Waals surface area contributed by atoms with Crippen LogP contribution >= 0.6 is 0 Å². The van der Waals surface area contributed by atoms with Crippen molar-refractivity contribution in [2.75, 3.05) is 16.3 Å². The molecule has 2 N–H and O–H groups in total. The largest absolute Gasteiger partial charge is 0.321 e. The Hall–Kier alpha value is -3.25. The van der Waals surface area contributed by atoms with E-state index in [9.17, 15) is 22.0 Å². The molecule has 9 heteroatoms. The number of hydrogen-bond donors (Lipinski definition) is 2. The van der Waals surface area contributed by atoms with Crippen molar-refractivity contribution in [1.82, 2.24) is 0 Å². The maximum Gasteiger partial charge on any atom is 0.266 e. The van der Waals surface area contributed by atoms with Crippen LogP contribution in [0.4, 0.5) is 20.2 Å². The number of benzene rings is 2. The zero-order valence-corrected chi connectivity index (χ0v) is 14.3. The van der Waals surface area contributed by atoms with Crippen LogP contribution in [0.3, 0.4) is 0 Å². The van der Waals surface area contributed by atoms with Crippen LogP contribution in [-0.2, 0) is 14.8 Å². The highest BCUT2D eigenvalue weighted by atomic mass is 32.2. The lowest BCUT2D eigenvalue weighted by atomic mass is 10.1. The second-order valence-electron chi connectivity index (χ2n) is 5.24. The lowest BCUT2D eigenvalue weighted by Gasteiger charge is -2.09. The van der Waals surface area contributed by atoms with E-state index in [-0.39, 0.29) is 16.9 Å². The van der Waals surface area contributed by atoms with Crippen molar-refractivity contribution < 1.29 is 22.0 Å². The molecule has 0 saturated heterocycles. The Morgan fingerprint density at radius 2 is 1.81 bits per heavy atom. The monoisotopic (exact) mass is 377 g/mol. The lowest BCUT2D eigenvalue weighted by molar-refractivity contribution is -0.112. The van der Waals surface area contributed by atoms with Crippen LogP contribution < -0.4 is 10.0 Å². The zero-order valence-electron chi connectivity index (χ0n) is 13.5. The predicted octanol–water partition coefficient (Wildman–Crippen LogP) is 2.88. The van der Waals surface area contributed by atoms with Crippen LogP contribution in [0, 0.1) is 23.0 Å². The highest BCUT2D eigenvalue weighted by Crippen LogP contribution is 2.21. The number of anilines is 2. The fraction of sp³-hybridized carbons (Fsp3) is 0.0588. The number of hydrogen-bond acceptors (Lipinski definition) is 4. The second-order valence-corrected chi connectivity index (χ2v) is 6.99. The molecule has 0 radical (unpaired) electrons. The average Bonchev–Trinajstić information content (AvgIpc) is 2.56. The Bertz CT molecular complexity index is 1010. The number of amides is 1. The SMILES string of the molecule is CS(=O)(=O)Nc1cc(NC(=O)/C(C#N)=C/c2ccc(F)cc2)ccc1F. The first-order valence-electron chi connectivity index (χ1n) is 7.14. The summed E-state index contributed by atoms with van der Waals surface area (Å²) in [5, 5.41) is 11.5. The Balaban J connectivity index is 2.24. The summed E-state index contributed by atoms with van der Waals surface area (Å²) in [5.74, 6) is -2.06. The quantitative estimate of drug-likeness (QED) is 0.618. The van der Waals surface area contributed by atoms with E-state index >= 15 is 0 Å². The first kappa shape index (κ1) is 19.1. The molecule has 0 unspecified atom stereocenters. The molecule has 0 fully saturated rings. The van der Waals surface area contributed by atoms with E-state index in [0.29, 0.717) is 5.56 Å². The van der Waals surface area contributed by atoms with E-state index in [4.69, 9.17) is 5.26 Å². The maximum atomic E-state index is 13.6. The molecule has 2 rings (SSSR count). The molecule has 0 bridgehead atoms. The van der Waals surface area contributed by atoms with Crippen LogP contribution in [-0.4, -0.2) is 20.6 Å². The Morgan fingerprint density at radius 3 is 2.38 bits per heavy atom. The summed E-state index contributed by atoms with van der Waals surface area (Å²) in [6, 6.07) is 10.1. The molecule has 0 aliphatic rings. The van der Waals surface area contributed by atoms with Gasteiger partial charge < -0.3 is 5.32 Å². The molecule has 0 saturated carbocycles. The highest BCUT2D eigenvalue weighted by molar-refractivity contribution is 7.92. The summed E-state index contributed by atoms with van der Waals surface area (Å²) in [5.41, 5.74) is -0.0793. The van der Waals surface area contributed by atoms with E-state index in [2.05, 4.69) is 5.32 Å². The summed E-state index contributed by atoms with van der Waals surface area (Å²) in [4.78, 5) is 12.2. The van der Waals surface area contributed by atoms with Gasteiger partial charge in [0.05, 0.1) is 11.9 Å². The predicted molar refractivity (Wildman–Crippen MR) is 93.5 cm³/mol. The van der Waals surface area contributed by atoms with E-state index < -0.39 is 27.6 Å². The van der Waals surface area contributed by atoms with Crippen LogP contribution in [0.1, 0.15) is 5.56 Å². The van der Waals surface area contributed by atoms with Crippen molar-refractivity contribution in [3.05, 3.63) is 65.2 Å². The van der Waals surface area contributed by atoms with Gasteiger partial charge in [0, 0.05) is 5.69 Å². The second kappa shape index (κ2) is 7.76. The number of nitrogens with one attached hydrogen (secondary N) is 2. The molecule has 0 spiro atoms.